The maximum atomic E-state index is 16.2. The molecule has 5 unspecified atom stereocenters. The number of fused-ring (bicyclic) bond motifs is 14. The van der Waals surface area contributed by atoms with Crippen LogP contribution in [0.15, 0.2) is 55.7 Å². The topological polar surface area (TPSA) is 302 Å². The molecule has 0 bridgehead atoms. The minimum atomic E-state index is -1.84. The Kier molecular flexibility index (Phi) is 18.1. The maximum absolute atomic E-state index is 16.2. The van der Waals surface area contributed by atoms with E-state index in [1.807, 2.05) is 0 Å². The average Bonchev–Trinajstić information content (AvgIpc) is 1.21. The smallest absolute Gasteiger partial charge is 0.316 e. The summed E-state index contributed by atoms with van der Waals surface area (Å²) in [5, 5.41) is 45.5. The Morgan fingerprint density at radius 3 is 1.46 bits per heavy atom. The Bertz CT molecular complexity index is 4330. The van der Waals surface area contributed by atoms with Gasteiger partial charge in [-0.25, -0.2) is 23.7 Å². The number of rotatable bonds is 18. The summed E-state index contributed by atoms with van der Waals surface area (Å²) in [5.41, 5.74) is -2.28. The summed E-state index contributed by atoms with van der Waals surface area (Å²) in [4.78, 5) is 95.0. The number of hydrogen-bond acceptors (Lipinski definition) is 19. The number of pyridine rings is 1. The zero-order valence-corrected chi connectivity index (χ0v) is 65.3. The monoisotopic (exact) mass is 1460 g/mol. The number of Topliss-reactive ketones (excluding diaryl/α,β-unsaturated/α-hetero) is 2. The van der Waals surface area contributed by atoms with Crippen LogP contribution in [0, 0.1) is 113 Å². The van der Waals surface area contributed by atoms with E-state index < -0.39 is 81.8 Å². The van der Waals surface area contributed by atoms with Crippen molar-refractivity contribution >= 4 is 47.5 Å². The van der Waals surface area contributed by atoms with Gasteiger partial charge in [0, 0.05) is 30.1 Å². The number of carboxylic acid groups (broad SMARTS) is 2. The van der Waals surface area contributed by atoms with E-state index >= 15 is 4.39 Å². The number of aromatic nitrogens is 7. The average molecular weight is 1460 g/mol. The second-order valence-electron chi connectivity index (χ2n) is 38.7. The number of allylic oxidation sites excluding steroid dienone is 2. The Hall–Kier alpha value is -7.33. The Labute approximate surface area is 621 Å². The first-order valence-electron chi connectivity index (χ1n) is 39.2. The molecule has 4 aromatic rings. The van der Waals surface area contributed by atoms with Gasteiger partial charge >= 0.3 is 35.9 Å². The Morgan fingerprint density at radius 2 is 1.01 bits per heavy atom. The number of carboxylic acids is 2. The lowest BCUT2D eigenvalue weighted by Crippen LogP contribution is -2.66. The summed E-state index contributed by atoms with van der Waals surface area (Å²) in [6, 6.07) is 2.84. The van der Waals surface area contributed by atoms with Crippen molar-refractivity contribution in [1.82, 2.24) is 35.3 Å². The van der Waals surface area contributed by atoms with Crippen molar-refractivity contribution in [2.75, 3.05) is 10.6 Å². The van der Waals surface area contributed by atoms with Crippen LogP contribution < -0.4 is 10.6 Å². The lowest BCUT2D eigenvalue weighted by molar-refractivity contribution is -0.231. The molecule has 0 saturated heterocycles. The van der Waals surface area contributed by atoms with Gasteiger partial charge in [-0.3, -0.25) is 28.8 Å². The molecule has 0 spiro atoms. The first-order valence-corrected chi connectivity index (χ1v) is 39.2. The largest absolute Gasteiger partial charge is 0.481 e. The first kappa shape index (κ1) is 75.5. The quantitative estimate of drug-likeness (QED) is 0.0673. The third-order valence-corrected chi connectivity index (χ3v) is 31.6. The van der Waals surface area contributed by atoms with Crippen LogP contribution in [0.4, 0.5) is 20.8 Å². The van der Waals surface area contributed by atoms with Crippen molar-refractivity contribution < 1.29 is 66.1 Å². The number of ketones is 2. The van der Waals surface area contributed by atoms with Gasteiger partial charge in [-0.2, -0.15) is 0 Å². The molecule has 0 aliphatic heterocycles. The third kappa shape index (κ3) is 11.4. The van der Waals surface area contributed by atoms with E-state index in [1.54, 1.807) is 13.8 Å². The van der Waals surface area contributed by atoms with Crippen molar-refractivity contribution in [2.45, 2.75) is 276 Å². The van der Waals surface area contributed by atoms with Crippen LogP contribution in [-0.4, -0.2) is 104 Å². The summed E-state index contributed by atoms with van der Waals surface area (Å²) < 4.78 is 55.2. The minimum Gasteiger partial charge on any atom is -0.481 e. The number of ether oxygens (including phenoxy) is 2. The third-order valence-electron chi connectivity index (χ3n) is 31.6. The summed E-state index contributed by atoms with van der Waals surface area (Å²) in [6.07, 6.45) is 14.0. The van der Waals surface area contributed by atoms with E-state index in [4.69, 9.17) is 18.3 Å². The van der Waals surface area contributed by atoms with Gasteiger partial charge < -0.3 is 39.2 Å². The van der Waals surface area contributed by atoms with Gasteiger partial charge in [0.1, 0.15) is 23.7 Å². The summed E-state index contributed by atoms with van der Waals surface area (Å²) in [6.45, 7) is 36.6. The molecule has 0 amide bonds. The van der Waals surface area contributed by atoms with Crippen LogP contribution in [0.3, 0.4) is 0 Å². The molecule has 21 nitrogen and oxygen atoms in total. The van der Waals surface area contributed by atoms with E-state index in [2.05, 4.69) is 143 Å². The highest BCUT2D eigenvalue weighted by molar-refractivity contribution is 6.03. The number of nitrogens with one attached hydrogen (secondary N) is 2. The van der Waals surface area contributed by atoms with Gasteiger partial charge in [0.15, 0.2) is 17.4 Å². The molecule has 10 aliphatic carbocycles. The van der Waals surface area contributed by atoms with Crippen molar-refractivity contribution in [3.63, 3.8) is 0 Å². The van der Waals surface area contributed by atoms with Gasteiger partial charge in [0.2, 0.25) is 5.82 Å². The SMILES string of the molecule is CC(C)C1=C2[C@H]3CCC4[C@@]5(C)CC[C@H](OC(=O)CC(C)(Cc6nc(-c7nnc(N[C@@]89CC[C@]%10(C)[C@H](CCC%11[C@@]%12(C)CC[C@H](OC(=O)CC(C)(C)C(=O)O)C(C)(C)[C@@H]%12CC[C@]%11%10C)C8=C(C(C)C)C(=O)C9)o7)ccc6F)C(=O)O)C(C)(C)C5CC[C@@]4(C)[C@]3(C)CCC2(Nc2nnc(-c3ncc(F)cn3)o2)CC1=O. The molecule has 23 heteroatoms. The zero-order valence-electron chi connectivity index (χ0n) is 65.3. The van der Waals surface area contributed by atoms with Crippen molar-refractivity contribution in [3.8, 4) is 23.3 Å². The van der Waals surface area contributed by atoms with Gasteiger partial charge in [0.25, 0.3) is 11.8 Å². The molecular formula is C83H111F2N9O12. The van der Waals surface area contributed by atoms with Crippen LogP contribution in [0.5, 0.6) is 0 Å². The molecule has 14 rings (SSSR count). The lowest BCUT2D eigenvalue weighted by Gasteiger charge is -2.72. The molecule has 10 aliphatic rings. The van der Waals surface area contributed by atoms with Crippen molar-refractivity contribution in [1.29, 1.82) is 0 Å². The molecular weight excluding hydrogens is 1350 g/mol. The minimum absolute atomic E-state index is 0.0116. The number of anilines is 2. The van der Waals surface area contributed by atoms with Crippen LogP contribution in [0.1, 0.15) is 252 Å². The molecule has 4 N–H and O–H groups in total. The fourth-order valence-corrected chi connectivity index (χ4v) is 25.9. The van der Waals surface area contributed by atoms with Crippen LogP contribution in [0.25, 0.3) is 23.3 Å². The number of carbonyl (C=O) groups is 6. The number of carbonyl (C=O) groups excluding carboxylic acids is 4. The first-order chi connectivity index (χ1) is 49.5. The number of nitrogens with zero attached hydrogens (tertiary/aromatic N) is 7. The standard InChI is InChI=1S/C83H111F2N9O12/c1-43(2)61-51(95)37-82(34-32-78(14)46(63(61)82)18-22-55-76(12)28-26-57(103-59(97)39-72(5,6)68(99)100)73(7,8)53(76)24-30-80(55,78)16)89-70-93-91-66(105-70)49-21-20-48(85)50(88-49)36-75(11,69(101)102)40-60(98)104-58-27-29-77(13)54(74(58,9)10)25-31-81(17)56(77)23-19-47-64-62(44(3)4)52(96)38-83(64,35-33-79(47,81)15)90-71-94-92-67(106-71)65-86-41-45(84)42-87-65/h20-21,41-44,46-47,53-58H,18-19,22-40H2,1-17H3,(H,89,93)(H,90,94)(H,99,100)(H,101,102)/t46-,47-,53+,54?,55?,56?,57+,58+,75?,76+,77+,78-,79-,80-,81-,82-,83?/m1/s1. The molecule has 8 saturated carbocycles. The lowest BCUT2D eigenvalue weighted by atomic mass is 9.33. The fourth-order valence-electron chi connectivity index (χ4n) is 25.9. The van der Waals surface area contributed by atoms with Crippen molar-refractivity contribution in [3.05, 3.63) is 64.1 Å². The van der Waals surface area contributed by atoms with E-state index in [0.29, 0.717) is 37.5 Å². The molecule has 574 valence electrons. The Morgan fingerprint density at radius 1 is 0.557 bits per heavy atom. The summed E-state index contributed by atoms with van der Waals surface area (Å²) >= 11 is 0. The van der Waals surface area contributed by atoms with E-state index in [9.17, 15) is 43.4 Å². The highest BCUT2D eigenvalue weighted by Crippen LogP contribution is 2.78. The van der Waals surface area contributed by atoms with Gasteiger partial charge in [0.05, 0.1) is 52.8 Å². The van der Waals surface area contributed by atoms with Crippen LogP contribution in [0.2, 0.25) is 0 Å². The molecule has 106 heavy (non-hydrogen) atoms. The van der Waals surface area contributed by atoms with E-state index in [0.717, 1.165) is 112 Å². The number of hydrogen-bond donors (Lipinski definition) is 4. The second kappa shape index (κ2) is 25.4. The summed E-state index contributed by atoms with van der Waals surface area (Å²) in [7, 11) is 0. The van der Waals surface area contributed by atoms with Gasteiger partial charge in [-0.15, -0.1) is 10.2 Å². The van der Waals surface area contributed by atoms with Gasteiger partial charge in [-0.05, 0) is 238 Å². The molecule has 0 radical (unpaired) electrons. The highest BCUT2D eigenvalue weighted by Gasteiger charge is 2.73. The highest BCUT2D eigenvalue weighted by atomic mass is 19.1. The van der Waals surface area contributed by atoms with Crippen LogP contribution in [-0.2, 0) is 44.7 Å². The summed E-state index contributed by atoms with van der Waals surface area (Å²) in [5.74, 6) is -3.30. The fraction of sp³-hybridized carbons (Fsp3) is 0.723. The number of halogens is 2. The predicted octanol–water partition coefficient (Wildman–Crippen LogP) is 16.6. The second-order valence-corrected chi connectivity index (χ2v) is 38.7. The predicted molar refractivity (Wildman–Crippen MR) is 389 cm³/mol. The normalized spacial score (nSPS) is 37.0. The molecule has 17 atom stereocenters. The maximum Gasteiger partial charge on any atom is 0.316 e. The van der Waals surface area contributed by atoms with Crippen molar-refractivity contribution in [2.24, 2.45) is 101 Å². The number of esters is 2. The molecule has 4 aromatic heterocycles. The van der Waals surface area contributed by atoms with E-state index in [-0.39, 0.29) is 151 Å². The molecule has 8 fully saturated rings. The zero-order chi connectivity index (χ0) is 76.6. The van der Waals surface area contributed by atoms with Gasteiger partial charge in [-0.1, -0.05) is 107 Å². The van der Waals surface area contributed by atoms with E-state index in [1.165, 1.54) is 19.1 Å². The molecule has 0 aromatic carbocycles. The molecule has 4 heterocycles. The Balaban J connectivity index is 0.643. The number of aliphatic carboxylic acids is 2. The van der Waals surface area contributed by atoms with Crippen LogP contribution >= 0.6 is 0 Å².